The number of carbonyl (C=O) groups is 1. The number of fused-ring (bicyclic) bond motifs is 1. The molecule has 33 heavy (non-hydrogen) atoms. The Hall–Kier alpha value is -3.40. The van der Waals surface area contributed by atoms with Crippen LogP contribution in [0.1, 0.15) is 23.7 Å². The average Bonchev–Trinajstić information content (AvgIpc) is 3.23. The lowest BCUT2D eigenvalue weighted by molar-refractivity contribution is 0.0695. The number of rotatable bonds is 5. The summed E-state index contributed by atoms with van der Waals surface area (Å²) < 4.78 is 44.2. The van der Waals surface area contributed by atoms with Gasteiger partial charge in [-0.1, -0.05) is 0 Å². The molecule has 174 valence electrons. The van der Waals surface area contributed by atoms with Crippen LogP contribution in [0.15, 0.2) is 35.3 Å². The number of halogens is 3. The van der Waals surface area contributed by atoms with Gasteiger partial charge in [-0.3, -0.25) is 9.36 Å². The maximum atomic E-state index is 15.1. The van der Waals surface area contributed by atoms with E-state index in [1.54, 1.807) is 4.90 Å². The number of carboxylic acids is 1. The van der Waals surface area contributed by atoms with E-state index in [-0.39, 0.29) is 34.5 Å². The second-order valence-electron chi connectivity index (χ2n) is 8.51. The van der Waals surface area contributed by atoms with Gasteiger partial charge in [0.25, 0.3) is 0 Å². The van der Waals surface area contributed by atoms with Crippen molar-refractivity contribution in [2.45, 2.75) is 19.4 Å². The van der Waals surface area contributed by atoms with Crippen LogP contribution in [0.4, 0.5) is 19.0 Å². The van der Waals surface area contributed by atoms with E-state index in [9.17, 15) is 23.5 Å². The van der Waals surface area contributed by atoms with Gasteiger partial charge in [-0.15, -0.1) is 0 Å². The summed E-state index contributed by atoms with van der Waals surface area (Å²) in [5, 5.41) is 9.13. The number of anilines is 1. The number of benzene rings is 1. The van der Waals surface area contributed by atoms with Gasteiger partial charge in [0, 0.05) is 31.4 Å². The molecule has 0 unspecified atom stereocenters. The van der Waals surface area contributed by atoms with Crippen LogP contribution in [0.3, 0.4) is 0 Å². The number of nitrogens with zero attached hydrogens (tertiary/aromatic N) is 4. The van der Waals surface area contributed by atoms with E-state index in [2.05, 4.69) is 16.8 Å². The average molecular weight is 460 g/mol. The molecule has 2 atom stereocenters. The summed E-state index contributed by atoms with van der Waals surface area (Å²) in [5.74, 6) is -3.87. The zero-order valence-corrected chi connectivity index (χ0v) is 18.3. The molecule has 1 saturated heterocycles. The molecule has 0 spiro atoms. The molecule has 3 heterocycles. The zero-order chi connectivity index (χ0) is 24.0. The number of aromatic carboxylic acids is 1. The van der Waals surface area contributed by atoms with Gasteiger partial charge in [0.15, 0.2) is 17.3 Å². The standard InChI is InChI=1S/C23H23F3N4O3/c1-12(28(2)3)13-6-7-29(10-13)22-18(26)9-15-20(31)16(23(32)33)11-30(21(15)27-22)19-5-4-14(24)8-17(19)25/h4-5,8-9,11-13H,6-7,10H2,1-3H3,(H,32,33)/t12-,13+/m1/s1. The largest absolute Gasteiger partial charge is 0.477 e. The molecule has 0 radical (unpaired) electrons. The molecule has 0 saturated carbocycles. The van der Waals surface area contributed by atoms with Crippen LogP contribution in [0.2, 0.25) is 0 Å². The highest BCUT2D eigenvalue weighted by molar-refractivity contribution is 5.92. The van der Waals surface area contributed by atoms with Gasteiger partial charge in [0.2, 0.25) is 5.43 Å². The third kappa shape index (κ3) is 4.06. The van der Waals surface area contributed by atoms with Gasteiger partial charge in [-0.2, -0.15) is 0 Å². The normalized spacial score (nSPS) is 17.2. The summed E-state index contributed by atoms with van der Waals surface area (Å²) >= 11 is 0. The Bertz CT molecular complexity index is 1310. The Balaban J connectivity index is 1.91. The molecule has 1 aliphatic rings. The SMILES string of the molecule is C[C@H]([C@H]1CCN(c2nc3c(cc2F)c(=O)c(C(=O)O)cn3-c2ccc(F)cc2F)C1)N(C)C. The predicted octanol–water partition coefficient (Wildman–Crippen LogP) is 3.28. The third-order valence-electron chi connectivity index (χ3n) is 6.33. The molecule has 4 rings (SSSR count). The minimum atomic E-state index is -1.55. The highest BCUT2D eigenvalue weighted by atomic mass is 19.1. The fourth-order valence-electron chi connectivity index (χ4n) is 4.24. The summed E-state index contributed by atoms with van der Waals surface area (Å²) in [6.45, 7) is 3.17. The summed E-state index contributed by atoms with van der Waals surface area (Å²) in [6, 6.07) is 3.93. The molecule has 2 aromatic heterocycles. The molecular formula is C23H23F3N4O3. The van der Waals surface area contributed by atoms with Gasteiger partial charge in [0.05, 0.1) is 11.1 Å². The minimum Gasteiger partial charge on any atom is -0.477 e. The Morgan fingerprint density at radius 1 is 1.21 bits per heavy atom. The Kier molecular flexibility index (Phi) is 5.87. The van der Waals surface area contributed by atoms with Gasteiger partial charge in [-0.25, -0.2) is 22.9 Å². The fourth-order valence-corrected chi connectivity index (χ4v) is 4.24. The number of pyridine rings is 2. The van der Waals surface area contributed by atoms with Crippen molar-refractivity contribution in [2.24, 2.45) is 5.92 Å². The van der Waals surface area contributed by atoms with E-state index in [1.165, 1.54) is 0 Å². The van der Waals surface area contributed by atoms with Crippen molar-refractivity contribution in [3.05, 3.63) is 63.7 Å². The van der Waals surface area contributed by atoms with Gasteiger partial charge in [-0.05, 0) is 51.6 Å². The molecule has 1 N–H and O–H groups in total. The first-order valence-corrected chi connectivity index (χ1v) is 10.4. The maximum Gasteiger partial charge on any atom is 0.341 e. The Morgan fingerprint density at radius 2 is 1.94 bits per heavy atom. The highest BCUT2D eigenvalue weighted by Crippen LogP contribution is 2.30. The monoisotopic (exact) mass is 460 g/mol. The molecule has 0 aliphatic carbocycles. The summed E-state index contributed by atoms with van der Waals surface area (Å²) in [4.78, 5) is 32.5. The number of hydrogen-bond donors (Lipinski definition) is 1. The molecule has 3 aromatic rings. The van der Waals surface area contributed by atoms with Crippen LogP contribution in [0.5, 0.6) is 0 Å². The lowest BCUT2D eigenvalue weighted by Gasteiger charge is -2.26. The summed E-state index contributed by atoms with van der Waals surface area (Å²) in [7, 11) is 3.94. The third-order valence-corrected chi connectivity index (χ3v) is 6.33. The Labute approximate surface area is 187 Å². The lowest BCUT2D eigenvalue weighted by atomic mass is 10.00. The molecule has 1 aliphatic heterocycles. The summed E-state index contributed by atoms with van der Waals surface area (Å²) in [6.07, 6.45) is 1.74. The second-order valence-corrected chi connectivity index (χ2v) is 8.51. The molecule has 1 aromatic carbocycles. The van der Waals surface area contributed by atoms with E-state index in [0.717, 1.165) is 35.4 Å². The summed E-state index contributed by atoms with van der Waals surface area (Å²) in [5.41, 5.74) is -1.94. The molecule has 0 amide bonds. The minimum absolute atomic E-state index is 0.00491. The van der Waals surface area contributed by atoms with E-state index >= 15 is 4.39 Å². The van der Waals surface area contributed by atoms with Crippen molar-refractivity contribution < 1.29 is 23.1 Å². The maximum absolute atomic E-state index is 15.1. The smallest absolute Gasteiger partial charge is 0.341 e. The van der Waals surface area contributed by atoms with Crippen LogP contribution in [-0.4, -0.2) is 58.8 Å². The van der Waals surface area contributed by atoms with Crippen molar-refractivity contribution in [1.29, 1.82) is 0 Å². The van der Waals surface area contributed by atoms with Crippen molar-refractivity contribution in [2.75, 3.05) is 32.1 Å². The Morgan fingerprint density at radius 3 is 2.58 bits per heavy atom. The topological polar surface area (TPSA) is 78.7 Å². The molecule has 0 bridgehead atoms. The number of hydrogen-bond acceptors (Lipinski definition) is 5. The molecule has 1 fully saturated rings. The van der Waals surface area contributed by atoms with Crippen LogP contribution in [0, 0.1) is 23.4 Å². The van der Waals surface area contributed by atoms with Crippen molar-refractivity contribution >= 4 is 22.8 Å². The van der Waals surface area contributed by atoms with Crippen molar-refractivity contribution in [1.82, 2.24) is 14.5 Å². The quantitative estimate of drug-likeness (QED) is 0.630. The van der Waals surface area contributed by atoms with Crippen LogP contribution >= 0.6 is 0 Å². The first-order valence-electron chi connectivity index (χ1n) is 10.4. The lowest BCUT2D eigenvalue weighted by Crippen LogP contribution is -2.34. The van der Waals surface area contributed by atoms with E-state index in [0.29, 0.717) is 19.2 Å². The highest BCUT2D eigenvalue weighted by Gasteiger charge is 2.31. The first-order chi connectivity index (χ1) is 15.6. The number of carboxylic acid groups (broad SMARTS) is 1. The van der Waals surface area contributed by atoms with Crippen LogP contribution in [-0.2, 0) is 0 Å². The van der Waals surface area contributed by atoms with Crippen molar-refractivity contribution in [3.63, 3.8) is 0 Å². The molecule has 10 heteroatoms. The van der Waals surface area contributed by atoms with Crippen LogP contribution in [0.25, 0.3) is 16.7 Å². The second kappa shape index (κ2) is 8.51. The van der Waals surface area contributed by atoms with E-state index in [4.69, 9.17) is 0 Å². The van der Waals surface area contributed by atoms with Gasteiger partial charge >= 0.3 is 5.97 Å². The van der Waals surface area contributed by atoms with Gasteiger partial charge in [0.1, 0.15) is 17.2 Å². The van der Waals surface area contributed by atoms with E-state index < -0.39 is 34.4 Å². The fraction of sp³-hybridized carbons (Fsp3) is 0.348. The molecule has 7 nitrogen and oxygen atoms in total. The number of aromatic nitrogens is 2. The first kappa shape index (κ1) is 22.8. The van der Waals surface area contributed by atoms with Gasteiger partial charge < -0.3 is 14.9 Å². The van der Waals surface area contributed by atoms with E-state index in [1.807, 2.05) is 14.1 Å². The predicted molar refractivity (Wildman–Crippen MR) is 118 cm³/mol. The zero-order valence-electron chi connectivity index (χ0n) is 18.3. The van der Waals surface area contributed by atoms with Crippen molar-refractivity contribution in [3.8, 4) is 5.69 Å². The van der Waals surface area contributed by atoms with Crippen LogP contribution < -0.4 is 10.3 Å². The molecular weight excluding hydrogens is 437 g/mol.